The molecule has 0 aliphatic rings. The van der Waals surface area contributed by atoms with E-state index >= 15 is 0 Å². The molecule has 2 atom stereocenters. The molecule has 0 aliphatic heterocycles. The first-order valence-electron chi connectivity index (χ1n) is 5.74. The highest BCUT2D eigenvalue weighted by molar-refractivity contribution is 9.10. The minimum absolute atomic E-state index is 0.193. The van der Waals surface area contributed by atoms with E-state index in [2.05, 4.69) is 35.1 Å². The van der Waals surface area contributed by atoms with Gasteiger partial charge in [-0.2, -0.15) is 0 Å². The molecule has 2 nitrogen and oxygen atoms in total. The van der Waals surface area contributed by atoms with Crippen LogP contribution in [0, 0.1) is 5.82 Å². The van der Waals surface area contributed by atoms with Gasteiger partial charge in [-0.05, 0) is 53.9 Å². The van der Waals surface area contributed by atoms with Gasteiger partial charge in [-0.15, -0.1) is 0 Å². The Hall–Kier alpha value is -0.450. The van der Waals surface area contributed by atoms with Crippen molar-refractivity contribution in [2.24, 2.45) is 0 Å². The lowest BCUT2D eigenvalue weighted by atomic mass is 10.1. The van der Waals surface area contributed by atoms with Crippen molar-refractivity contribution in [3.8, 4) is 0 Å². The van der Waals surface area contributed by atoms with Crippen molar-refractivity contribution in [3.05, 3.63) is 34.1 Å². The van der Waals surface area contributed by atoms with E-state index in [0.29, 0.717) is 10.5 Å². The Kier molecular flexibility index (Phi) is 6.09. The summed E-state index contributed by atoms with van der Waals surface area (Å²) < 4.78 is 18.7. The molecule has 0 saturated heterocycles. The second-order valence-electron chi connectivity index (χ2n) is 4.24. The predicted molar refractivity (Wildman–Crippen MR) is 71.6 cm³/mol. The Labute approximate surface area is 111 Å². The Bertz CT molecular complexity index is 359. The molecule has 0 amide bonds. The van der Waals surface area contributed by atoms with Crippen molar-refractivity contribution in [3.63, 3.8) is 0 Å². The maximum absolute atomic E-state index is 13.1. The molecule has 0 radical (unpaired) electrons. The third-order valence-electron chi connectivity index (χ3n) is 2.73. The zero-order valence-electron chi connectivity index (χ0n) is 10.5. The molecule has 0 bridgehead atoms. The molecule has 0 spiro atoms. The molecule has 2 unspecified atom stereocenters. The van der Waals surface area contributed by atoms with Crippen LogP contribution in [0.25, 0.3) is 0 Å². The molecular weight excluding hydrogens is 285 g/mol. The summed E-state index contributed by atoms with van der Waals surface area (Å²) in [6, 6.07) is 5.67. The fraction of sp³-hybridized carbons (Fsp3) is 0.538. The lowest BCUT2D eigenvalue weighted by Gasteiger charge is -2.20. The fourth-order valence-electron chi connectivity index (χ4n) is 1.68. The van der Waals surface area contributed by atoms with Gasteiger partial charge in [0.15, 0.2) is 0 Å². The van der Waals surface area contributed by atoms with Crippen LogP contribution in [0.4, 0.5) is 4.39 Å². The van der Waals surface area contributed by atoms with E-state index in [1.165, 1.54) is 6.07 Å². The van der Waals surface area contributed by atoms with E-state index in [1.54, 1.807) is 13.2 Å². The molecule has 96 valence electrons. The molecule has 1 N–H and O–H groups in total. The predicted octanol–water partition coefficient (Wildman–Crippen LogP) is 3.66. The average molecular weight is 304 g/mol. The van der Waals surface area contributed by atoms with E-state index in [0.717, 1.165) is 18.6 Å². The summed E-state index contributed by atoms with van der Waals surface area (Å²) in [7, 11) is 1.70. The minimum Gasteiger partial charge on any atom is -0.385 e. The van der Waals surface area contributed by atoms with Crippen molar-refractivity contribution >= 4 is 15.9 Å². The van der Waals surface area contributed by atoms with Crippen LogP contribution in [0.1, 0.15) is 31.9 Å². The summed E-state index contributed by atoms with van der Waals surface area (Å²) in [6.45, 7) is 4.94. The zero-order chi connectivity index (χ0) is 12.8. The first-order chi connectivity index (χ1) is 8.04. The largest absolute Gasteiger partial charge is 0.385 e. The number of benzene rings is 1. The normalized spacial score (nSPS) is 14.6. The van der Waals surface area contributed by atoms with Gasteiger partial charge in [-0.25, -0.2) is 4.39 Å². The average Bonchev–Trinajstić information content (AvgIpc) is 2.30. The first-order valence-corrected chi connectivity index (χ1v) is 6.53. The fourth-order valence-corrected chi connectivity index (χ4v) is 2.08. The number of halogens is 2. The van der Waals surface area contributed by atoms with Gasteiger partial charge < -0.3 is 10.1 Å². The van der Waals surface area contributed by atoms with Crippen LogP contribution in [0.2, 0.25) is 0 Å². The molecule has 4 heteroatoms. The summed E-state index contributed by atoms with van der Waals surface area (Å²) >= 11 is 3.20. The molecule has 0 aromatic heterocycles. The molecule has 1 rings (SSSR count). The summed E-state index contributed by atoms with van der Waals surface area (Å²) in [4.78, 5) is 0. The van der Waals surface area contributed by atoms with Gasteiger partial charge in [0.05, 0.1) is 4.47 Å². The number of ether oxygens (including phenoxy) is 1. The molecule has 17 heavy (non-hydrogen) atoms. The van der Waals surface area contributed by atoms with Crippen molar-refractivity contribution in [2.75, 3.05) is 13.7 Å². The van der Waals surface area contributed by atoms with Crippen molar-refractivity contribution in [1.29, 1.82) is 0 Å². The number of rotatable bonds is 6. The van der Waals surface area contributed by atoms with Gasteiger partial charge in [-0.3, -0.25) is 0 Å². The van der Waals surface area contributed by atoms with Gasteiger partial charge in [0.2, 0.25) is 0 Å². The smallest absolute Gasteiger partial charge is 0.137 e. The SMILES string of the molecule is COCCC(C)NC(C)c1ccc(F)c(Br)c1. The van der Waals surface area contributed by atoms with Gasteiger partial charge in [0.1, 0.15) is 5.82 Å². The third kappa shape index (κ3) is 4.74. The second kappa shape index (κ2) is 7.09. The lowest BCUT2D eigenvalue weighted by molar-refractivity contribution is 0.183. The summed E-state index contributed by atoms with van der Waals surface area (Å²) in [5.41, 5.74) is 1.07. The maximum atomic E-state index is 13.1. The van der Waals surface area contributed by atoms with Gasteiger partial charge in [0, 0.05) is 25.8 Å². The van der Waals surface area contributed by atoms with Gasteiger partial charge >= 0.3 is 0 Å². The van der Waals surface area contributed by atoms with Crippen LogP contribution < -0.4 is 5.32 Å². The molecule has 1 aromatic rings. The zero-order valence-corrected chi connectivity index (χ0v) is 12.1. The number of methoxy groups -OCH3 is 1. The Morgan fingerprint density at radius 1 is 1.41 bits per heavy atom. The standard InChI is InChI=1S/C13H19BrFNO/c1-9(6-7-17-3)16-10(2)11-4-5-13(15)12(14)8-11/h4-5,8-10,16H,6-7H2,1-3H3. The molecule has 0 aliphatic carbocycles. The summed E-state index contributed by atoms with van der Waals surface area (Å²) in [5, 5.41) is 3.45. The van der Waals surface area contributed by atoms with E-state index in [-0.39, 0.29) is 11.9 Å². The van der Waals surface area contributed by atoms with E-state index in [1.807, 2.05) is 6.07 Å². The van der Waals surface area contributed by atoms with Crippen LogP contribution in [-0.2, 0) is 4.74 Å². The van der Waals surface area contributed by atoms with Crippen molar-refractivity contribution in [2.45, 2.75) is 32.4 Å². The van der Waals surface area contributed by atoms with Crippen LogP contribution >= 0.6 is 15.9 Å². The molecular formula is C13H19BrFNO. The summed E-state index contributed by atoms with van der Waals surface area (Å²) in [5.74, 6) is -0.228. The van der Waals surface area contributed by atoms with E-state index in [4.69, 9.17) is 4.74 Å². The second-order valence-corrected chi connectivity index (χ2v) is 5.10. The van der Waals surface area contributed by atoms with Crippen LogP contribution in [0.5, 0.6) is 0 Å². The third-order valence-corrected chi connectivity index (χ3v) is 3.34. The Morgan fingerprint density at radius 3 is 2.71 bits per heavy atom. The van der Waals surface area contributed by atoms with E-state index < -0.39 is 0 Å². The van der Waals surface area contributed by atoms with Crippen LogP contribution in [-0.4, -0.2) is 19.8 Å². The molecule has 0 heterocycles. The maximum Gasteiger partial charge on any atom is 0.137 e. The highest BCUT2D eigenvalue weighted by Gasteiger charge is 2.10. The molecule has 1 aromatic carbocycles. The molecule has 0 saturated carbocycles. The van der Waals surface area contributed by atoms with Crippen LogP contribution in [0.3, 0.4) is 0 Å². The monoisotopic (exact) mass is 303 g/mol. The van der Waals surface area contributed by atoms with Crippen molar-refractivity contribution in [1.82, 2.24) is 5.32 Å². The number of nitrogens with one attached hydrogen (secondary N) is 1. The molecule has 0 fully saturated rings. The first kappa shape index (κ1) is 14.6. The topological polar surface area (TPSA) is 21.3 Å². The quantitative estimate of drug-likeness (QED) is 0.866. The van der Waals surface area contributed by atoms with Crippen molar-refractivity contribution < 1.29 is 9.13 Å². The minimum atomic E-state index is -0.228. The highest BCUT2D eigenvalue weighted by atomic mass is 79.9. The number of hydrogen-bond donors (Lipinski definition) is 1. The Balaban J connectivity index is 2.57. The van der Waals surface area contributed by atoms with Gasteiger partial charge in [-0.1, -0.05) is 6.07 Å². The highest BCUT2D eigenvalue weighted by Crippen LogP contribution is 2.21. The summed E-state index contributed by atoms with van der Waals surface area (Å²) in [6.07, 6.45) is 0.962. The van der Waals surface area contributed by atoms with Gasteiger partial charge in [0.25, 0.3) is 0 Å². The van der Waals surface area contributed by atoms with E-state index in [9.17, 15) is 4.39 Å². The Morgan fingerprint density at radius 2 is 2.12 bits per heavy atom. The van der Waals surface area contributed by atoms with Crippen LogP contribution in [0.15, 0.2) is 22.7 Å². The lowest BCUT2D eigenvalue weighted by Crippen LogP contribution is -2.29. The number of hydrogen-bond acceptors (Lipinski definition) is 2.